The highest BCUT2D eigenvalue weighted by Crippen LogP contribution is 2.46. The van der Waals surface area contributed by atoms with Crippen LogP contribution in [0.1, 0.15) is 166 Å². The maximum absolute atomic E-state index is 16.3. The number of carboxylic acid groups (broad SMARTS) is 1. The van der Waals surface area contributed by atoms with E-state index in [2.05, 4.69) is 97.7 Å². The number of rotatable bonds is 26. The molecule has 3 N–H and O–H groups in total. The van der Waals surface area contributed by atoms with Gasteiger partial charge in [0.25, 0.3) is 15.9 Å². The quantitative estimate of drug-likeness (QED) is 0.00874. The second-order valence-corrected chi connectivity index (χ2v) is 26.9. The van der Waals surface area contributed by atoms with E-state index in [-0.39, 0.29) is 65.8 Å². The number of hydrogen-bond donors (Lipinski definition) is 3. The number of ether oxygens (including phenoxy) is 3. The first-order valence-corrected chi connectivity index (χ1v) is 32.6. The van der Waals surface area contributed by atoms with Gasteiger partial charge in [0, 0.05) is 57.4 Å². The average molecular weight is 1300 g/mol. The highest BCUT2D eigenvalue weighted by atomic mass is 32.2. The van der Waals surface area contributed by atoms with Gasteiger partial charge < -0.3 is 34.0 Å². The Morgan fingerprint density at radius 3 is 1.88 bits per heavy atom. The molecule has 1 aliphatic heterocycles. The number of esters is 2. The lowest BCUT2D eigenvalue weighted by Crippen LogP contribution is -2.34. The zero-order valence-electron chi connectivity index (χ0n) is 53.3. The number of thioether (sulfide) groups is 1. The van der Waals surface area contributed by atoms with Gasteiger partial charge in [-0.15, -0.1) is 11.8 Å². The Kier molecular flexibility index (Phi) is 23.0. The largest absolute Gasteiger partial charge is 0.481 e. The number of sulfonamides is 1. The summed E-state index contributed by atoms with van der Waals surface area (Å²) in [6, 6.07) is 29.2. The Morgan fingerprint density at radius 2 is 1.31 bits per heavy atom. The van der Waals surface area contributed by atoms with Gasteiger partial charge in [-0.1, -0.05) is 117 Å². The molecule has 486 valence electrons. The number of anilines is 2. The number of nitrogens with zero attached hydrogens (tertiary/aromatic N) is 2. The minimum absolute atomic E-state index is 0.00722. The second kappa shape index (κ2) is 29.8. The van der Waals surface area contributed by atoms with Gasteiger partial charge in [0.05, 0.1) is 40.7 Å². The molecule has 22 heteroatoms. The fraction of sp³-hybridized carbons (Fsp3) is 0.391. The van der Waals surface area contributed by atoms with Crippen molar-refractivity contribution in [1.29, 1.82) is 0 Å². The summed E-state index contributed by atoms with van der Waals surface area (Å²) in [6.45, 7) is 24.9. The lowest BCUT2D eigenvalue weighted by molar-refractivity contribution is -0.154. The van der Waals surface area contributed by atoms with Gasteiger partial charge in [-0.25, -0.2) is 40.5 Å². The van der Waals surface area contributed by atoms with Crippen molar-refractivity contribution in [1.82, 2.24) is 10.0 Å². The van der Waals surface area contributed by atoms with Crippen molar-refractivity contribution >= 4 is 79.7 Å². The zero-order valence-corrected chi connectivity index (χ0v) is 54.9. The zero-order chi connectivity index (χ0) is 67.0. The predicted octanol–water partition coefficient (Wildman–Crippen LogP) is 15.7. The molecular formula is C69H78F4N4O12S2. The Labute approximate surface area is 532 Å². The van der Waals surface area contributed by atoms with Crippen molar-refractivity contribution in [3.8, 4) is 22.5 Å². The van der Waals surface area contributed by atoms with Crippen molar-refractivity contribution in [2.24, 2.45) is 10.4 Å². The fourth-order valence-electron chi connectivity index (χ4n) is 10.3. The molecule has 1 aliphatic carbocycles. The third-order valence-corrected chi connectivity index (χ3v) is 18.0. The van der Waals surface area contributed by atoms with E-state index in [4.69, 9.17) is 28.7 Å². The number of halogens is 4. The van der Waals surface area contributed by atoms with E-state index in [0.717, 1.165) is 39.3 Å². The molecule has 5 aromatic rings. The van der Waals surface area contributed by atoms with Crippen molar-refractivity contribution < 1.29 is 73.7 Å². The first-order valence-electron chi connectivity index (χ1n) is 30.1. The molecule has 1 heterocycles. The summed E-state index contributed by atoms with van der Waals surface area (Å²) in [5.41, 5.74) is 7.24. The molecule has 2 amide bonds. The highest BCUT2D eigenvalue weighted by molar-refractivity contribution is 7.99. The Morgan fingerprint density at radius 1 is 0.714 bits per heavy atom. The molecule has 0 spiro atoms. The molecule has 2 aliphatic rings. The molecule has 0 radical (unpaired) electrons. The summed E-state index contributed by atoms with van der Waals surface area (Å²) in [5, 5.41) is 12.4. The monoisotopic (exact) mass is 1290 g/mol. The standard InChI is InChI=1S/C69H78F4N4O12S2/c1-14-69(12,13)67(82)86-32-31-74-68(83)87-35-44(88-56(80)30-29-55(78)79)36-90-64-58(70)60(72)65(61(73)59(64)71)91(84,85)76-66(81)50-20-16-15-19-49(50)57-51-27-25-42(75-62-45(37(2)3)21-17-22-46(62)38(4)5)33-53(51)89-54-34-43(26-28-52(54)57)77(41(10)11)63-47(39(6)7)23-18-24-48(63)40(8)9/h15-28,33-34,37-41,44H,14,29-32,35-36H2,1-13H3,(H,74,83)(H,76,81)(H,78,79). The maximum atomic E-state index is 16.3. The van der Waals surface area contributed by atoms with Gasteiger partial charge in [0.2, 0.25) is 0 Å². The number of carboxylic acids is 1. The Hall–Kier alpha value is -8.24. The van der Waals surface area contributed by atoms with Crippen LogP contribution in [0.15, 0.2) is 116 Å². The minimum Gasteiger partial charge on any atom is -0.481 e. The van der Waals surface area contributed by atoms with E-state index < -0.39 is 110 Å². The number of para-hydroxylation sites is 2. The van der Waals surface area contributed by atoms with Crippen LogP contribution in [0.2, 0.25) is 0 Å². The van der Waals surface area contributed by atoms with Gasteiger partial charge in [0.15, 0.2) is 28.2 Å². The lowest BCUT2D eigenvalue weighted by atomic mass is 9.89. The first kappa shape index (κ1) is 70.2. The highest BCUT2D eigenvalue weighted by Gasteiger charge is 2.37. The molecule has 0 aromatic heterocycles. The topological polar surface area (TPSA) is 220 Å². The SMILES string of the molecule is CCC(C)(C)C(=O)OCCNC(=O)OCC(CSc1c(F)c(F)c(S(=O)(=O)NC(=O)c2ccccc2-c2c3ccc(=Nc4c(C(C)C)cccc4C(C)C)cc-3oc3cc(N(c4c(C(C)C)cccc4C(C)C)C(C)C)ccc23)c(F)c1F)OC(=O)CCC(=O)O. The molecule has 1 unspecified atom stereocenters. The van der Waals surface area contributed by atoms with E-state index in [1.807, 2.05) is 36.4 Å². The van der Waals surface area contributed by atoms with Crippen LogP contribution in [-0.4, -0.2) is 81.1 Å². The summed E-state index contributed by atoms with van der Waals surface area (Å²) in [4.78, 5) is 67.1. The lowest BCUT2D eigenvalue weighted by Gasteiger charge is -2.35. The van der Waals surface area contributed by atoms with Crippen LogP contribution < -0.4 is 20.3 Å². The van der Waals surface area contributed by atoms with Crippen LogP contribution in [0.4, 0.5) is 39.4 Å². The number of carbonyl (C=O) groups excluding carboxylic acids is 4. The van der Waals surface area contributed by atoms with E-state index >= 15 is 17.6 Å². The molecule has 1 atom stereocenters. The third kappa shape index (κ3) is 16.3. The molecule has 0 fully saturated rings. The number of amides is 2. The molecule has 16 nitrogen and oxygen atoms in total. The molecular weight excluding hydrogens is 1220 g/mol. The number of nitrogens with one attached hydrogen (secondary N) is 2. The predicted molar refractivity (Wildman–Crippen MR) is 343 cm³/mol. The summed E-state index contributed by atoms with van der Waals surface area (Å²) in [7, 11) is -5.83. The Bertz CT molecular complexity index is 3950. The molecule has 0 bridgehead atoms. The normalized spacial score (nSPS) is 12.6. The number of fused-ring (bicyclic) bond motifs is 2. The van der Waals surface area contributed by atoms with Gasteiger partial charge >= 0.3 is 24.0 Å². The van der Waals surface area contributed by atoms with Crippen LogP contribution in [-0.2, 0) is 38.6 Å². The fourth-order valence-corrected chi connectivity index (χ4v) is 12.4. The van der Waals surface area contributed by atoms with Crippen LogP contribution in [0.5, 0.6) is 0 Å². The molecule has 0 saturated carbocycles. The van der Waals surface area contributed by atoms with Gasteiger partial charge in [-0.05, 0) is 116 Å². The third-order valence-electron chi connectivity index (χ3n) is 15.5. The average Bonchev–Trinajstić information content (AvgIpc) is 0.757. The van der Waals surface area contributed by atoms with E-state index in [0.29, 0.717) is 39.6 Å². The van der Waals surface area contributed by atoms with Gasteiger partial charge in [0.1, 0.15) is 30.7 Å². The Balaban J connectivity index is 1.27. The summed E-state index contributed by atoms with van der Waals surface area (Å²) in [5.74, 6) is -13.6. The minimum atomic E-state index is -5.83. The summed E-state index contributed by atoms with van der Waals surface area (Å²) >= 11 is 0.00722. The van der Waals surface area contributed by atoms with Crippen molar-refractivity contribution in [3.63, 3.8) is 0 Å². The number of alkyl carbamates (subject to hydrolysis) is 1. The molecule has 91 heavy (non-hydrogen) atoms. The smallest absolute Gasteiger partial charge is 0.407 e. The molecule has 0 saturated heterocycles. The van der Waals surface area contributed by atoms with Crippen molar-refractivity contribution in [3.05, 3.63) is 154 Å². The number of hydrogen-bond acceptors (Lipinski definition) is 14. The van der Waals surface area contributed by atoms with Crippen LogP contribution in [0.3, 0.4) is 0 Å². The number of carbonyl (C=O) groups is 5. The number of benzene rings is 6. The maximum Gasteiger partial charge on any atom is 0.407 e. The molecule has 5 aromatic carbocycles. The van der Waals surface area contributed by atoms with E-state index in [1.54, 1.807) is 55.8 Å². The summed E-state index contributed by atoms with van der Waals surface area (Å²) < 4.78 is 117. The van der Waals surface area contributed by atoms with E-state index in [9.17, 15) is 32.4 Å². The molecule has 7 rings (SSSR count). The van der Waals surface area contributed by atoms with Crippen LogP contribution in [0.25, 0.3) is 33.4 Å². The summed E-state index contributed by atoms with van der Waals surface area (Å²) in [6.07, 6.45) is -3.68. The van der Waals surface area contributed by atoms with Crippen molar-refractivity contribution in [2.75, 3.05) is 30.4 Å². The van der Waals surface area contributed by atoms with Gasteiger partial charge in [-0.2, -0.15) is 0 Å². The van der Waals surface area contributed by atoms with Crippen molar-refractivity contribution in [2.45, 2.75) is 155 Å². The number of aliphatic carboxylic acids is 1. The van der Waals surface area contributed by atoms with E-state index in [1.165, 1.54) is 12.1 Å². The van der Waals surface area contributed by atoms with Gasteiger partial charge in [-0.3, -0.25) is 19.2 Å². The first-order chi connectivity index (χ1) is 42.9. The van der Waals surface area contributed by atoms with Crippen LogP contribution in [0, 0.1) is 28.7 Å². The second-order valence-electron chi connectivity index (χ2n) is 24.2. The van der Waals surface area contributed by atoms with Crippen LogP contribution >= 0.6 is 11.8 Å².